The number of nitrogens with zero attached hydrogens (tertiary/aromatic N) is 2. The van der Waals surface area contributed by atoms with Crippen LogP contribution in [0.5, 0.6) is 0 Å². The summed E-state index contributed by atoms with van der Waals surface area (Å²) in [6.07, 6.45) is 2.98. The van der Waals surface area contributed by atoms with Crippen molar-refractivity contribution in [2.24, 2.45) is 0 Å². The highest BCUT2D eigenvalue weighted by molar-refractivity contribution is 7.89. The van der Waals surface area contributed by atoms with Crippen LogP contribution in [0.3, 0.4) is 0 Å². The van der Waals surface area contributed by atoms with Crippen LogP contribution >= 0.6 is 0 Å². The summed E-state index contributed by atoms with van der Waals surface area (Å²) in [6.45, 7) is 0.804. The zero-order valence-electron chi connectivity index (χ0n) is 13.7. The molecule has 2 aromatic heterocycles. The van der Waals surface area contributed by atoms with E-state index in [1.54, 1.807) is 24.5 Å². The van der Waals surface area contributed by atoms with Crippen LogP contribution in [0.25, 0.3) is 11.0 Å². The van der Waals surface area contributed by atoms with E-state index in [0.29, 0.717) is 17.6 Å². The van der Waals surface area contributed by atoms with Gasteiger partial charge >= 0.3 is 5.63 Å². The zero-order valence-corrected chi connectivity index (χ0v) is 14.6. The predicted molar refractivity (Wildman–Crippen MR) is 94.2 cm³/mol. The van der Waals surface area contributed by atoms with Gasteiger partial charge in [-0.15, -0.1) is 0 Å². The highest BCUT2D eigenvalue weighted by Crippen LogP contribution is 2.27. The molecule has 4 rings (SSSR count). The molecule has 0 amide bonds. The minimum absolute atomic E-state index is 0.158. The van der Waals surface area contributed by atoms with Gasteiger partial charge in [-0.05, 0) is 30.3 Å². The van der Waals surface area contributed by atoms with Gasteiger partial charge in [0.05, 0.1) is 17.6 Å². The Balaban J connectivity index is 1.65. The first-order chi connectivity index (χ1) is 12.5. The Hall–Kier alpha value is -2.55. The van der Waals surface area contributed by atoms with E-state index in [1.807, 2.05) is 6.07 Å². The van der Waals surface area contributed by atoms with Crippen molar-refractivity contribution in [3.8, 4) is 0 Å². The summed E-state index contributed by atoms with van der Waals surface area (Å²) in [5.41, 5.74) is 0.722. The predicted octanol–water partition coefficient (Wildman–Crippen LogP) is 1.95. The fourth-order valence-electron chi connectivity index (χ4n) is 2.97. The van der Waals surface area contributed by atoms with Gasteiger partial charge in [0.15, 0.2) is 0 Å². The van der Waals surface area contributed by atoms with Gasteiger partial charge in [0.2, 0.25) is 10.0 Å². The van der Waals surface area contributed by atoms with E-state index in [4.69, 9.17) is 9.15 Å². The first kappa shape index (κ1) is 16.9. The maximum Gasteiger partial charge on any atom is 0.336 e. The van der Waals surface area contributed by atoms with Crippen LogP contribution in [0.15, 0.2) is 69.0 Å². The maximum absolute atomic E-state index is 13.0. The molecule has 3 heterocycles. The number of pyridine rings is 1. The molecule has 1 aliphatic rings. The molecule has 8 heteroatoms. The highest BCUT2D eigenvalue weighted by Gasteiger charge is 2.31. The molecule has 1 fully saturated rings. The van der Waals surface area contributed by atoms with E-state index >= 15 is 0 Å². The molecule has 0 saturated carbocycles. The molecule has 0 spiro atoms. The van der Waals surface area contributed by atoms with Gasteiger partial charge in [-0.2, -0.15) is 4.31 Å². The summed E-state index contributed by atoms with van der Waals surface area (Å²) in [7, 11) is -3.69. The molecule has 1 aromatic carbocycles. The van der Waals surface area contributed by atoms with E-state index in [9.17, 15) is 13.2 Å². The van der Waals surface area contributed by atoms with Crippen LogP contribution in [0.2, 0.25) is 0 Å². The summed E-state index contributed by atoms with van der Waals surface area (Å²) >= 11 is 0. The monoisotopic (exact) mass is 372 g/mol. The number of rotatable bonds is 3. The molecular weight excluding hydrogens is 356 g/mol. The molecule has 1 aliphatic heterocycles. The molecule has 1 atom stereocenters. The maximum atomic E-state index is 13.0. The van der Waals surface area contributed by atoms with Gasteiger partial charge in [-0.25, -0.2) is 13.2 Å². The topological polar surface area (TPSA) is 89.7 Å². The van der Waals surface area contributed by atoms with Crippen molar-refractivity contribution in [1.82, 2.24) is 9.29 Å². The largest absolute Gasteiger partial charge is 0.423 e. The number of sulfonamides is 1. The zero-order chi connectivity index (χ0) is 18.1. The molecule has 0 N–H and O–H groups in total. The van der Waals surface area contributed by atoms with Crippen LogP contribution in [-0.4, -0.2) is 37.4 Å². The van der Waals surface area contributed by atoms with Crippen molar-refractivity contribution in [2.45, 2.75) is 11.0 Å². The molecule has 0 aliphatic carbocycles. The molecule has 1 saturated heterocycles. The molecule has 1 unspecified atom stereocenters. The van der Waals surface area contributed by atoms with Gasteiger partial charge in [-0.1, -0.05) is 6.07 Å². The Labute approximate surface area is 149 Å². The first-order valence-corrected chi connectivity index (χ1v) is 9.54. The van der Waals surface area contributed by atoms with Crippen molar-refractivity contribution >= 4 is 21.0 Å². The van der Waals surface area contributed by atoms with Gasteiger partial charge < -0.3 is 9.15 Å². The fraction of sp³-hybridized carbons (Fsp3) is 0.222. The Morgan fingerprint density at radius 1 is 1.15 bits per heavy atom. The molecule has 26 heavy (non-hydrogen) atoms. The lowest BCUT2D eigenvalue weighted by atomic mass is 10.1. The van der Waals surface area contributed by atoms with Crippen LogP contribution < -0.4 is 5.63 Å². The number of morpholine rings is 1. The minimum Gasteiger partial charge on any atom is -0.423 e. The second-order valence-electron chi connectivity index (χ2n) is 5.96. The minimum atomic E-state index is -3.69. The van der Waals surface area contributed by atoms with Gasteiger partial charge in [-0.3, -0.25) is 4.98 Å². The normalized spacial score (nSPS) is 18.8. The average molecular weight is 372 g/mol. The first-order valence-electron chi connectivity index (χ1n) is 8.10. The van der Waals surface area contributed by atoms with Crippen molar-refractivity contribution in [2.75, 3.05) is 19.7 Å². The average Bonchev–Trinajstić information content (AvgIpc) is 2.68. The molecular formula is C18H16N2O5S. The summed E-state index contributed by atoms with van der Waals surface area (Å²) in [5.74, 6) is 0. The summed E-state index contributed by atoms with van der Waals surface area (Å²) < 4.78 is 38.3. The Bertz CT molecular complexity index is 1100. The summed E-state index contributed by atoms with van der Waals surface area (Å²) in [6, 6.07) is 11.0. The van der Waals surface area contributed by atoms with Crippen LogP contribution in [0, 0.1) is 0 Å². The Morgan fingerprint density at radius 2 is 2.04 bits per heavy atom. The lowest BCUT2D eigenvalue weighted by molar-refractivity contribution is -0.00273. The third-order valence-corrected chi connectivity index (χ3v) is 6.18. The molecule has 3 aromatic rings. The number of aromatic nitrogens is 1. The Kier molecular flexibility index (Phi) is 4.31. The molecule has 7 nitrogen and oxygen atoms in total. The number of fused-ring (bicyclic) bond motifs is 1. The van der Waals surface area contributed by atoms with Crippen LogP contribution in [0.1, 0.15) is 11.7 Å². The smallest absolute Gasteiger partial charge is 0.336 e. The van der Waals surface area contributed by atoms with Gasteiger partial charge in [0, 0.05) is 42.5 Å². The lowest BCUT2D eigenvalue weighted by Crippen LogP contribution is -2.42. The second-order valence-corrected chi connectivity index (χ2v) is 7.90. The number of hydrogen-bond donors (Lipinski definition) is 0. The van der Waals surface area contributed by atoms with Crippen LogP contribution in [0.4, 0.5) is 0 Å². The standard InChI is InChI=1S/C18H16N2O5S/c21-18-6-3-13-10-15(4-5-16(13)25-18)26(22,23)20-8-9-24-17(12-20)14-2-1-7-19-11-14/h1-7,10-11,17H,8-9,12H2. The third kappa shape index (κ3) is 3.14. The quantitative estimate of drug-likeness (QED) is 0.653. The number of benzene rings is 1. The fourth-order valence-corrected chi connectivity index (χ4v) is 4.43. The van der Waals surface area contributed by atoms with Gasteiger partial charge in [0.1, 0.15) is 5.58 Å². The highest BCUT2D eigenvalue weighted by atomic mass is 32.2. The van der Waals surface area contributed by atoms with E-state index in [2.05, 4.69) is 4.98 Å². The van der Waals surface area contributed by atoms with Crippen molar-refractivity contribution < 1.29 is 17.6 Å². The number of ether oxygens (including phenoxy) is 1. The molecule has 0 bridgehead atoms. The molecule has 134 valence electrons. The number of hydrogen-bond acceptors (Lipinski definition) is 6. The lowest BCUT2D eigenvalue weighted by Gasteiger charge is -2.32. The SMILES string of the molecule is O=c1ccc2cc(S(=O)(=O)N3CCOC(c4cccnc4)C3)ccc2o1. The van der Waals surface area contributed by atoms with Crippen molar-refractivity contribution in [1.29, 1.82) is 0 Å². The van der Waals surface area contributed by atoms with E-state index in [1.165, 1.54) is 28.6 Å². The van der Waals surface area contributed by atoms with E-state index in [-0.39, 0.29) is 24.1 Å². The second kappa shape index (κ2) is 6.64. The van der Waals surface area contributed by atoms with Crippen LogP contribution in [-0.2, 0) is 14.8 Å². The van der Waals surface area contributed by atoms with Gasteiger partial charge in [0.25, 0.3) is 0 Å². The summed E-state index contributed by atoms with van der Waals surface area (Å²) in [5, 5.41) is 0.558. The van der Waals surface area contributed by atoms with E-state index < -0.39 is 15.6 Å². The van der Waals surface area contributed by atoms with Crippen molar-refractivity contribution in [3.63, 3.8) is 0 Å². The summed E-state index contributed by atoms with van der Waals surface area (Å²) in [4.78, 5) is 15.5. The Morgan fingerprint density at radius 3 is 2.85 bits per heavy atom. The third-order valence-electron chi connectivity index (χ3n) is 4.31. The molecule has 0 radical (unpaired) electrons. The van der Waals surface area contributed by atoms with Crippen molar-refractivity contribution in [3.05, 3.63) is 70.8 Å². The van der Waals surface area contributed by atoms with E-state index in [0.717, 1.165) is 5.56 Å².